The summed E-state index contributed by atoms with van der Waals surface area (Å²) in [5.74, 6) is -0.582. The van der Waals surface area contributed by atoms with E-state index in [2.05, 4.69) is 0 Å². The minimum absolute atomic E-state index is 0.136. The van der Waals surface area contributed by atoms with Crippen molar-refractivity contribution in [3.8, 4) is 0 Å². The molecule has 1 fully saturated rings. The number of fused-ring (bicyclic) bond motifs is 3. The molecule has 7 nitrogen and oxygen atoms in total. The first-order chi connectivity index (χ1) is 13.9. The van der Waals surface area contributed by atoms with E-state index in [9.17, 15) is 14.4 Å². The highest BCUT2D eigenvalue weighted by Gasteiger charge is 2.62. The van der Waals surface area contributed by atoms with E-state index < -0.39 is 5.66 Å². The molecule has 0 spiro atoms. The second-order valence-corrected chi connectivity index (χ2v) is 7.78. The summed E-state index contributed by atoms with van der Waals surface area (Å²) < 4.78 is 5.14. The molecular formula is C22H25N3O4. The molecular weight excluding hydrogens is 370 g/mol. The van der Waals surface area contributed by atoms with Crippen LogP contribution in [0, 0.1) is 0 Å². The number of nitrogens with zero attached hydrogens (tertiary/aromatic N) is 3. The molecule has 3 amide bonds. The lowest BCUT2D eigenvalue weighted by atomic mass is 9.93. The third kappa shape index (κ3) is 2.75. The van der Waals surface area contributed by atoms with Gasteiger partial charge < -0.3 is 14.2 Å². The number of carbonyl (C=O) groups is 3. The van der Waals surface area contributed by atoms with Crippen LogP contribution < -0.4 is 4.90 Å². The standard InChI is InChI=1S/C22H25N3O4/c1-4-23(13-16-10-12-29-14-16)21(28)22-11-9-19(26)25(22)18-8-6-5-7-17(18)20(27)24(22)15(2)3/h5-8,10,12,14-15H,4,9,11,13H2,1-3H3/t22-/m1/s1. The Balaban J connectivity index is 1.86. The topological polar surface area (TPSA) is 74.1 Å². The van der Waals surface area contributed by atoms with Crippen molar-refractivity contribution < 1.29 is 18.8 Å². The summed E-state index contributed by atoms with van der Waals surface area (Å²) in [6, 6.07) is 8.61. The van der Waals surface area contributed by atoms with E-state index in [1.165, 1.54) is 0 Å². The van der Waals surface area contributed by atoms with Crippen molar-refractivity contribution in [3.63, 3.8) is 0 Å². The highest BCUT2D eigenvalue weighted by atomic mass is 16.3. The minimum atomic E-state index is -1.34. The normalized spacial score (nSPS) is 20.8. The second-order valence-electron chi connectivity index (χ2n) is 7.78. The number of carbonyl (C=O) groups excluding carboxylic acids is 3. The largest absolute Gasteiger partial charge is 0.472 e. The average Bonchev–Trinajstić information content (AvgIpc) is 3.34. The van der Waals surface area contributed by atoms with Crippen molar-refractivity contribution in [2.75, 3.05) is 11.4 Å². The molecule has 1 atom stereocenters. The molecule has 2 aromatic rings. The van der Waals surface area contributed by atoms with Crippen molar-refractivity contribution in [2.24, 2.45) is 0 Å². The number of likely N-dealkylation sites (N-methyl/N-ethyl adjacent to an activating group) is 1. The number of amides is 3. The number of benzene rings is 1. The van der Waals surface area contributed by atoms with Gasteiger partial charge in [-0.1, -0.05) is 12.1 Å². The average molecular weight is 395 g/mol. The van der Waals surface area contributed by atoms with Gasteiger partial charge >= 0.3 is 0 Å². The summed E-state index contributed by atoms with van der Waals surface area (Å²) >= 11 is 0. The van der Waals surface area contributed by atoms with E-state index in [0.717, 1.165) is 5.56 Å². The van der Waals surface area contributed by atoms with Crippen molar-refractivity contribution in [2.45, 2.75) is 51.9 Å². The first-order valence-electron chi connectivity index (χ1n) is 9.98. The monoisotopic (exact) mass is 395 g/mol. The summed E-state index contributed by atoms with van der Waals surface area (Å²) in [6.07, 6.45) is 3.68. The molecule has 0 saturated carbocycles. The molecule has 2 aliphatic heterocycles. The minimum Gasteiger partial charge on any atom is -0.472 e. The van der Waals surface area contributed by atoms with Gasteiger partial charge in [-0.25, -0.2) is 0 Å². The third-order valence-electron chi connectivity index (χ3n) is 5.78. The Morgan fingerprint density at radius 3 is 2.66 bits per heavy atom. The zero-order valence-electron chi connectivity index (χ0n) is 16.9. The zero-order valence-corrected chi connectivity index (χ0v) is 16.9. The summed E-state index contributed by atoms with van der Waals surface area (Å²) in [5.41, 5.74) is 0.504. The summed E-state index contributed by atoms with van der Waals surface area (Å²) in [7, 11) is 0. The van der Waals surface area contributed by atoms with Crippen LogP contribution in [-0.4, -0.2) is 45.8 Å². The van der Waals surface area contributed by atoms with Gasteiger partial charge in [0.1, 0.15) is 0 Å². The predicted molar refractivity (Wildman–Crippen MR) is 107 cm³/mol. The summed E-state index contributed by atoms with van der Waals surface area (Å²) in [6.45, 7) is 6.48. The lowest BCUT2D eigenvalue weighted by Gasteiger charge is -2.52. The van der Waals surface area contributed by atoms with Crippen LogP contribution in [0.3, 0.4) is 0 Å². The Kier molecular flexibility index (Phi) is 4.68. The van der Waals surface area contributed by atoms with E-state index in [-0.39, 0.29) is 36.6 Å². The van der Waals surface area contributed by atoms with Gasteiger partial charge in [0.05, 0.1) is 23.8 Å². The molecule has 1 saturated heterocycles. The first-order valence-corrected chi connectivity index (χ1v) is 9.98. The Morgan fingerprint density at radius 2 is 2.00 bits per heavy atom. The summed E-state index contributed by atoms with van der Waals surface area (Å²) in [5, 5.41) is 0. The predicted octanol–water partition coefficient (Wildman–Crippen LogP) is 3.02. The van der Waals surface area contributed by atoms with Gasteiger partial charge in [0.2, 0.25) is 11.6 Å². The number of hydrogen-bond acceptors (Lipinski definition) is 4. The molecule has 7 heteroatoms. The van der Waals surface area contributed by atoms with Crippen molar-refractivity contribution in [1.82, 2.24) is 9.80 Å². The maximum Gasteiger partial charge on any atom is 0.270 e. The van der Waals surface area contributed by atoms with E-state index >= 15 is 0 Å². The molecule has 3 heterocycles. The first kappa shape index (κ1) is 19.2. The number of furan rings is 1. The molecule has 0 bridgehead atoms. The molecule has 29 heavy (non-hydrogen) atoms. The number of anilines is 1. The molecule has 0 radical (unpaired) electrons. The van der Waals surface area contributed by atoms with Gasteiger partial charge in [0.25, 0.3) is 11.8 Å². The highest BCUT2D eigenvalue weighted by molar-refractivity contribution is 6.16. The molecule has 152 valence electrons. The van der Waals surface area contributed by atoms with E-state index in [4.69, 9.17) is 4.42 Å². The molecule has 4 rings (SSSR count). The fraction of sp³-hybridized carbons (Fsp3) is 0.409. The van der Waals surface area contributed by atoms with Crippen LogP contribution >= 0.6 is 0 Å². The Bertz CT molecular complexity index is 953. The van der Waals surface area contributed by atoms with E-state index in [1.54, 1.807) is 51.5 Å². The van der Waals surface area contributed by atoms with Crippen molar-refractivity contribution >= 4 is 23.4 Å². The molecule has 1 aromatic heterocycles. The number of rotatable bonds is 5. The van der Waals surface area contributed by atoms with Gasteiger partial charge in [-0.2, -0.15) is 0 Å². The van der Waals surface area contributed by atoms with Crippen LogP contribution in [0.1, 0.15) is 49.5 Å². The van der Waals surface area contributed by atoms with E-state index in [0.29, 0.717) is 24.3 Å². The molecule has 2 aliphatic rings. The Hall–Kier alpha value is -3.09. The maximum atomic E-state index is 14.0. The fourth-order valence-corrected chi connectivity index (χ4v) is 4.57. The Labute approximate surface area is 169 Å². The van der Waals surface area contributed by atoms with Gasteiger partial charge in [0.15, 0.2) is 0 Å². The zero-order chi connectivity index (χ0) is 20.8. The van der Waals surface area contributed by atoms with Crippen LogP contribution in [0.5, 0.6) is 0 Å². The number of hydrogen-bond donors (Lipinski definition) is 0. The van der Waals surface area contributed by atoms with Crippen LogP contribution in [0.4, 0.5) is 5.69 Å². The van der Waals surface area contributed by atoms with Crippen molar-refractivity contribution in [1.29, 1.82) is 0 Å². The fourth-order valence-electron chi connectivity index (χ4n) is 4.57. The van der Waals surface area contributed by atoms with Crippen LogP contribution in [0.25, 0.3) is 0 Å². The van der Waals surface area contributed by atoms with Gasteiger partial charge in [-0.3, -0.25) is 19.3 Å². The maximum absolute atomic E-state index is 14.0. The van der Waals surface area contributed by atoms with Crippen LogP contribution in [-0.2, 0) is 16.1 Å². The third-order valence-corrected chi connectivity index (χ3v) is 5.78. The van der Waals surface area contributed by atoms with Crippen molar-refractivity contribution in [3.05, 3.63) is 54.0 Å². The van der Waals surface area contributed by atoms with E-state index in [1.807, 2.05) is 26.8 Å². The SMILES string of the molecule is CCN(Cc1ccoc1)C(=O)[C@@]12CCC(=O)N1c1ccccc1C(=O)N2C(C)C. The molecule has 1 aromatic carbocycles. The van der Waals surface area contributed by atoms with Crippen LogP contribution in [0.15, 0.2) is 47.3 Å². The van der Waals surface area contributed by atoms with Gasteiger partial charge in [-0.15, -0.1) is 0 Å². The second kappa shape index (κ2) is 7.06. The Morgan fingerprint density at radius 1 is 1.24 bits per heavy atom. The quantitative estimate of drug-likeness (QED) is 0.780. The smallest absolute Gasteiger partial charge is 0.270 e. The van der Waals surface area contributed by atoms with Gasteiger partial charge in [-0.05, 0) is 39.0 Å². The lowest BCUT2D eigenvalue weighted by Crippen LogP contribution is -2.72. The molecule has 0 unspecified atom stereocenters. The molecule has 0 aliphatic carbocycles. The number of para-hydroxylation sites is 1. The highest BCUT2D eigenvalue weighted by Crippen LogP contribution is 2.46. The van der Waals surface area contributed by atoms with Crippen LogP contribution in [0.2, 0.25) is 0 Å². The summed E-state index contributed by atoms with van der Waals surface area (Å²) in [4.78, 5) is 45.3. The van der Waals surface area contributed by atoms with Gasteiger partial charge in [0, 0.05) is 37.5 Å². The molecule has 0 N–H and O–H groups in total. The lowest BCUT2D eigenvalue weighted by molar-refractivity contribution is -0.145.